The van der Waals surface area contributed by atoms with Crippen molar-refractivity contribution in [2.24, 2.45) is 0 Å². The lowest BCUT2D eigenvalue weighted by Gasteiger charge is -2.09. The highest BCUT2D eigenvalue weighted by molar-refractivity contribution is 5.95. The first-order chi connectivity index (χ1) is 11.8. The smallest absolute Gasteiger partial charge is 0.350 e. The molecule has 132 valence electrons. The number of aromatic nitrogens is 1. The molecule has 2 amide bonds. The second-order valence-corrected chi connectivity index (χ2v) is 5.00. The molecule has 0 aliphatic heterocycles. The Bertz CT molecular complexity index is 814. The highest BCUT2D eigenvalue weighted by atomic mass is 19.4. The summed E-state index contributed by atoms with van der Waals surface area (Å²) in [5, 5.41) is 4.91. The van der Waals surface area contributed by atoms with Crippen molar-refractivity contribution in [1.82, 2.24) is 15.6 Å². The lowest BCUT2D eigenvalue weighted by Crippen LogP contribution is -2.36. The number of amides is 2. The Kier molecular flexibility index (Phi) is 5.58. The second kappa shape index (κ2) is 7.65. The lowest BCUT2D eigenvalue weighted by atomic mass is 10.1. The molecule has 2 aromatic rings. The molecule has 3 N–H and O–H groups in total. The molecule has 0 radical (unpaired) electrons. The minimum absolute atomic E-state index is 0.0519. The van der Waals surface area contributed by atoms with Crippen molar-refractivity contribution in [2.45, 2.75) is 6.18 Å². The first kappa shape index (κ1) is 18.2. The maximum absolute atomic E-state index is 12.4. The van der Waals surface area contributed by atoms with Crippen molar-refractivity contribution in [3.8, 4) is 0 Å². The van der Waals surface area contributed by atoms with Gasteiger partial charge in [-0.25, -0.2) is 0 Å². The summed E-state index contributed by atoms with van der Waals surface area (Å²) >= 11 is 0. The molecular weight excluding hydrogens is 339 g/mol. The number of hydrogen-bond donors (Lipinski definition) is 3. The van der Waals surface area contributed by atoms with E-state index in [9.17, 15) is 27.6 Å². The van der Waals surface area contributed by atoms with E-state index in [4.69, 9.17) is 0 Å². The second-order valence-electron chi connectivity index (χ2n) is 5.00. The molecule has 2 rings (SSSR count). The Morgan fingerprint density at radius 3 is 2.12 bits per heavy atom. The highest BCUT2D eigenvalue weighted by Crippen LogP contribution is 2.28. The Balaban J connectivity index is 1.82. The fourth-order valence-corrected chi connectivity index (χ4v) is 1.96. The number of carbonyl (C=O) groups excluding carboxylic acids is 2. The third-order valence-corrected chi connectivity index (χ3v) is 3.23. The Labute approximate surface area is 140 Å². The van der Waals surface area contributed by atoms with Crippen LogP contribution in [0.4, 0.5) is 13.2 Å². The van der Waals surface area contributed by atoms with Crippen molar-refractivity contribution < 1.29 is 22.8 Å². The van der Waals surface area contributed by atoms with E-state index >= 15 is 0 Å². The molecule has 25 heavy (non-hydrogen) atoms. The van der Waals surface area contributed by atoms with Gasteiger partial charge in [-0.05, 0) is 36.4 Å². The van der Waals surface area contributed by atoms with Gasteiger partial charge in [-0.15, -0.1) is 0 Å². The fourth-order valence-electron chi connectivity index (χ4n) is 1.96. The normalized spacial score (nSPS) is 11.0. The van der Waals surface area contributed by atoms with Gasteiger partial charge in [-0.2, -0.15) is 13.2 Å². The summed E-state index contributed by atoms with van der Waals surface area (Å²) in [5.74, 6) is -1.16. The fraction of sp³-hybridized carbons (Fsp3) is 0.188. The Hall–Kier alpha value is -3.10. The van der Waals surface area contributed by atoms with E-state index < -0.39 is 29.1 Å². The van der Waals surface area contributed by atoms with Gasteiger partial charge in [0.1, 0.15) is 5.56 Å². The van der Waals surface area contributed by atoms with Crippen LogP contribution in [-0.2, 0) is 6.18 Å². The summed E-state index contributed by atoms with van der Waals surface area (Å²) in [6, 6.07) is 6.63. The van der Waals surface area contributed by atoms with Crippen LogP contribution in [0.25, 0.3) is 0 Å². The van der Waals surface area contributed by atoms with Crippen LogP contribution >= 0.6 is 0 Å². The largest absolute Gasteiger partial charge is 0.416 e. The van der Waals surface area contributed by atoms with Crippen LogP contribution in [-0.4, -0.2) is 29.9 Å². The molecule has 0 aliphatic carbocycles. The highest BCUT2D eigenvalue weighted by Gasteiger charge is 2.30. The third-order valence-electron chi connectivity index (χ3n) is 3.23. The summed E-state index contributed by atoms with van der Waals surface area (Å²) in [7, 11) is 0. The number of nitrogens with one attached hydrogen (secondary N) is 3. The van der Waals surface area contributed by atoms with Crippen molar-refractivity contribution in [3.63, 3.8) is 0 Å². The van der Waals surface area contributed by atoms with Crippen molar-refractivity contribution in [3.05, 3.63) is 69.6 Å². The first-order valence-corrected chi connectivity index (χ1v) is 7.20. The monoisotopic (exact) mass is 353 g/mol. The van der Waals surface area contributed by atoms with Crippen LogP contribution in [0, 0.1) is 0 Å². The van der Waals surface area contributed by atoms with Crippen LogP contribution < -0.4 is 16.2 Å². The van der Waals surface area contributed by atoms with E-state index in [0.717, 1.165) is 24.3 Å². The molecule has 9 heteroatoms. The van der Waals surface area contributed by atoms with Crippen LogP contribution in [0.2, 0.25) is 0 Å². The molecule has 0 atom stereocenters. The summed E-state index contributed by atoms with van der Waals surface area (Å²) in [4.78, 5) is 37.4. The number of alkyl halides is 3. The van der Waals surface area contributed by atoms with Gasteiger partial charge < -0.3 is 15.6 Å². The van der Waals surface area contributed by atoms with Crippen LogP contribution in [0.15, 0.2) is 47.4 Å². The van der Waals surface area contributed by atoms with Gasteiger partial charge in [0, 0.05) is 24.8 Å². The zero-order valence-corrected chi connectivity index (χ0v) is 12.8. The van der Waals surface area contributed by atoms with Crippen molar-refractivity contribution >= 4 is 11.8 Å². The van der Waals surface area contributed by atoms with Crippen LogP contribution in [0.1, 0.15) is 26.3 Å². The number of benzene rings is 1. The molecule has 0 saturated carbocycles. The van der Waals surface area contributed by atoms with Crippen LogP contribution in [0.3, 0.4) is 0 Å². The van der Waals surface area contributed by atoms with E-state index in [-0.39, 0.29) is 24.2 Å². The third kappa shape index (κ3) is 4.93. The quantitative estimate of drug-likeness (QED) is 0.713. The molecule has 0 aliphatic rings. The van der Waals surface area contributed by atoms with Crippen molar-refractivity contribution in [1.29, 1.82) is 0 Å². The molecule has 0 bridgehead atoms. The molecule has 0 unspecified atom stereocenters. The van der Waals surface area contributed by atoms with Gasteiger partial charge in [-0.1, -0.05) is 0 Å². The summed E-state index contributed by atoms with van der Waals surface area (Å²) in [6.07, 6.45) is -3.07. The van der Waals surface area contributed by atoms with Crippen LogP contribution in [0.5, 0.6) is 0 Å². The van der Waals surface area contributed by atoms with E-state index in [2.05, 4.69) is 15.6 Å². The molecule has 1 aromatic heterocycles. The number of pyridine rings is 1. The molecule has 0 fully saturated rings. The summed E-state index contributed by atoms with van der Waals surface area (Å²) in [6.45, 7) is 0.107. The van der Waals surface area contributed by atoms with Gasteiger partial charge in [0.05, 0.1) is 5.56 Å². The van der Waals surface area contributed by atoms with E-state index in [0.29, 0.717) is 0 Å². The molecule has 1 heterocycles. The molecule has 0 saturated heterocycles. The number of H-pyrrole nitrogens is 1. The molecule has 6 nitrogen and oxygen atoms in total. The summed E-state index contributed by atoms with van der Waals surface area (Å²) < 4.78 is 37.3. The summed E-state index contributed by atoms with van der Waals surface area (Å²) in [5.41, 5.74) is -1.37. The van der Waals surface area contributed by atoms with E-state index in [1.54, 1.807) is 0 Å². The predicted octanol–water partition coefficient (Wildman–Crippen LogP) is 1.55. The minimum atomic E-state index is -4.46. The molecular formula is C16H14F3N3O3. The van der Waals surface area contributed by atoms with Crippen molar-refractivity contribution in [2.75, 3.05) is 13.1 Å². The Morgan fingerprint density at radius 2 is 1.56 bits per heavy atom. The lowest BCUT2D eigenvalue weighted by molar-refractivity contribution is -0.137. The van der Waals surface area contributed by atoms with Gasteiger partial charge in [-0.3, -0.25) is 14.4 Å². The average Bonchev–Trinajstić information content (AvgIpc) is 2.58. The number of carbonyl (C=O) groups is 2. The molecule has 1 aromatic carbocycles. The topological polar surface area (TPSA) is 91.1 Å². The zero-order chi connectivity index (χ0) is 18.4. The van der Waals surface area contributed by atoms with E-state index in [1.165, 1.54) is 18.3 Å². The first-order valence-electron chi connectivity index (χ1n) is 7.20. The molecule has 0 spiro atoms. The van der Waals surface area contributed by atoms with Gasteiger partial charge in [0.15, 0.2) is 0 Å². The number of rotatable bonds is 5. The maximum Gasteiger partial charge on any atom is 0.416 e. The number of hydrogen-bond acceptors (Lipinski definition) is 3. The van der Waals surface area contributed by atoms with E-state index in [1.807, 2.05) is 0 Å². The average molecular weight is 353 g/mol. The number of halogens is 3. The van der Waals surface area contributed by atoms with Gasteiger partial charge >= 0.3 is 6.18 Å². The zero-order valence-electron chi connectivity index (χ0n) is 12.8. The Morgan fingerprint density at radius 1 is 0.960 bits per heavy atom. The maximum atomic E-state index is 12.4. The number of aromatic amines is 1. The predicted molar refractivity (Wildman–Crippen MR) is 83.2 cm³/mol. The minimum Gasteiger partial charge on any atom is -0.350 e. The standard InChI is InChI=1S/C16H14F3N3O3/c17-16(18,19)11-5-3-10(4-6-11)13(23)21-8-9-22-15(25)12-2-1-7-20-14(12)24/h1-7H,8-9H2,(H,20,24)(H,21,23)(H,22,25). The van der Waals surface area contributed by atoms with Gasteiger partial charge in [0.2, 0.25) is 0 Å². The SMILES string of the molecule is O=C(NCCNC(=O)c1ccc[nH]c1=O)c1ccc(C(F)(F)F)cc1. The van der Waals surface area contributed by atoms with Gasteiger partial charge in [0.25, 0.3) is 17.4 Å².